The molecule has 0 bridgehead atoms. The Morgan fingerprint density at radius 1 is 1.37 bits per heavy atom. The van der Waals surface area contributed by atoms with Crippen molar-refractivity contribution in [2.45, 2.75) is 6.54 Å². The summed E-state index contributed by atoms with van der Waals surface area (Å²) < 4.78 is 1.54. The zero-order chi connectivity index (χ0) is 13.2. The van der Waals surface area contributed by atoms with Crippen molar-refractivity contribution in [2.75, 3.05) is 5.32 Å². The summed E-state index contributed by atoms with van der Waals surface area (Å²) in [5.74, 6) is 0. The number of aromatic nitrogens is 2. The summed E-state index contributed by atoms with van der Waals surface area (Å²) >= 11 is 7.35. The maximum atomic E-state index is 11.8. The van der Waals surface area contributed by atoms with E-state index in [1.165, 1.54) is 21.8 Å². The van der Waals surface area contributed by atoms with Crippen LogP contribution in [-0.4, -0.2) is 9.38 Å². The van der Waals surface area contributed by atoms with Gasteiger partial charge in [0.2, 0.25) is 0 Å². The molecule has 19 heavy (non-hydrogen) atoms. The lowest BCUT2D eigenvalue weighted by Crippen LogP contribution is -2.14. The molecule has 3 aromatic rings. The maximum absolute atomic E-state index is 11.8. The summed E-state index contributed by atoms with van der Waals surface area (Å²) in [4.78, 5) is 16.9. The normalized spacial score (nSPS) is 10.8. The molecule has 0 radical (unpaired) electrons. The van der Waals surface area contributed by atoms with Crippen LogP contribution in [0.2, 0.25) is 5.02 Å². The second kappa shape index (κ2) is 5.03. The first-order valence-electron chi connectivity index (χ1n) is 5.67. The van der Waals surface area contributed by atoms with Crippen LogP contribution in [0.3, 0.4) is 0 Å². The van der Waals surface area contributed by atoms with Crippen molar-refractivity contribution in [3.63, 3.8) is 0 Å². The van der Waals surface area contributed by atoms with Gasteiger partial charge in [-0.1, -0.05) is 17.7 Å². The van der Waals surface area contributed by atoms with Crippen LogP contribution >= 0.6 is 22.9 Å². The van der Waals surface area contributed by atoms with E-state index in [9.17, 15) is 4.79 Å². The summed E-state index contributed by atoms with van der Waals surface area (Å²) in [5, 5.41) is 5.71. The van der Waals surface area contributed by atoms with E-state index in [-0.39, 0.29) is 5.56 Å². The number of benzene rings is 1. The Bertz CT molecular complexity index is 781. The van der Waals surface area contributed by atoms with E-state index in [1.807, 2.05) is 29.6 Å². The van der Waals surface area contributed by atoms with Crippen molar-refractivity contribution < 1.29 is 0 Å². The van der Waals surface area contributed by atoms with Crippen LogP contribution in [0.25, 0.3) is 4.96 Å². The molecular weight excluding hydrogens is 282 g/mol. The Morgan fingerprint density at radius 3 is 3.11 bits per heavy atom. The van der Waals surface area contributed by atoms with Crippen molar-refractivity contribution in [3.05, 3.63) is 63.0 Å². The van der Waals surface area contributed by atoms with Crippen molar-refractivity contribution >= 4 is 33.6 Å². The molecule has 6 heteroatoms. The fourth-order valence-electron chi connectivity index (χ4n) is 1.77. The van der Waals surface area contributed by atoms with Gasteiger partial charge in [0, 0.05) is 28.4 Å². The van der Waals surface area contributed by atoms with Crippen molar-refractivity contribution in [1.82, 2.24) is 9.38 Å². The number of halogens is 1. The van der Waals surface area contributed by atoms with E-state index in [2.05, 4.69) is 10.3 Å². The molecule has 0 aliphatic heterocycles. The molecule has 0 spiro atoms. The summed E-state index contributed by atoms with van der Waals surface area (Å²) in [7, 11) is 0. The average molecular weight is 292 g/mol. The maximum Gasteiger partial charge on any atom is 0.258 e. The van der Waals surface area contributed by atoms with E-state index in [1.54, 1.807) is 6.20 Å². The lowest BCUT2D eigenvalue weighted by Gasteiger charge is -2.06. The predicted octanol–water partition coefficient (Wildman–Crippen LogP) is 3.02. The molecule has 1 aromatic carbocycles. The first kappa shape index (κ1) is 12.2. The third-order valence-corrected chi connectivity index (χ3v) is 3.65. The Kier molecular flexibility index (Phi) is 3.23. The Labute approximate surface area is 118 Å². The van der Waals surface area contributed by atoms with Gasteiger partial charge in [0.25, 0.3) is 5.56 Å². The molecule has 2 heterocycles. The number of rotatable bonds is 3. The molecule has 0 saturated heterocycles. The molecule has 4 nitrogen and oxygen atoms in total. The van der Waals surface area contributed by atoms with E-state index in [4.69, 9.17) is 11.6 Å². The summed E-state index contributed by atoms with van der Waals surface area (Å²) in [6, 6.07) is 8.97. The fourth-order valence-corrected chi connectivity index (χ4v) is 2.70. The number of fused-ring (bicyclic) bond motifs is 1. The summed E-state index contributed by atoms with van der Waals surface area (Å²) in [6.45, 7) is 0.490. The van der Waals surface area contributed by atoms with E-state index >= 15 is 0 Å². The number of nitrogens with one attached hydrogen (secondary N) is 1. The topological polar surface area (TPSA) is 46.4 Å². The molecule has 1 N–H and O–H groups in total. The van der Waals surface area contributed by atoms with Gasteiger partial charge in [0.1, 0.15) is 0 Å². The van der Waals surface area contributed by atoms with Gasteiger partial charge in [0.05, 0.1) is 12.2 Å². The van der Waals surface area contributed by atoms with Gasteiger partial charge >= 0.3 is 0 Å². The molecule has 3 rings (SSSR count). The summed E-state index contributed by atoms with van der Waals surface area (Å²) in [5.41, 5.74) is 1.56. The second-order valence-electron chi connectivity index (χ2n) is 4.01. The second-order valence-corrected chi connectivity index (χ2v) is 5.31. The average Bonchev–Trinajstić information content (AvgIpc) is 2.85. The van der Waals surface area contributed by atoms with Crippen LogP contribution in [-0.2, 0) is 6.54 Å². The van der Waals surface area contributed by atoms with Gasteiger partial charge < -0.3 is 5.32 Å². The van der Waals surface area contributed by atoms with Crippen molar-refractivity contribution in [3.8, 4) is 0 Å². The molecule has 2 aromatic heterocycles. The van der Waals surface area contributed by atoms with E-state index in [0.717, 1.165) is 5.69 Å². The highest BCUT2D eigenvalue weighted by Crippen LogP contribution is 2.15. The largest absolute Gasteiger partial charge is 0.379 e. The third-order valence-electron chi connectivity index (χ3n) is 2.65. The van der Waals surface area contributed by atoms with E-state index in [0.29, 0.717) is 22.2 Å². The standard InChI is InChI=1S/C13H10ClN3OS/c14-9-2-1-3-10(6-9)15-8-11-7-12(18)17-4-5-19-13(17)16-11/h1-7,15H,8H2. The van der Waals surface area contributed by atoms with Crippen LogP contribution < -0.4 is 10.9 Å². The van der Waals surface area contributed by atoms with Crippen molar-refractivity contribution in [2.24, 2.45) is 0 Å². The minimum Gasteiger partial charge on any atom is -0.379 e. The highest BCUT2D eigenvalue weighted by atomic mass is 35.5. The molecule has 0 fully saturated rings. The monoisotopic (exact) mass is 291 g/mol. The lowest BCUT2D eigenvalue weighted by molar-refractivity contribution is 0.990. The quantitative estimate of drug-likeness (QED) is 0.807. The number of nitrogens with zero attached hydrogens (tertiary/aromatic N) is 2. The molecule has 0 aliphatic carbocycles. The van der Waals surface area contributed by atoms with Crippen LogP contribution in [0.5, 0.6) is 0 Å². The molecule has 96 valence electrons. The lowest BCUT2D eigenvalue weighted by atomic mass is 10.3. The number of hydrogen-bond acceptors (Lipinski definition) is 4. The first-order chi connectivity index (χ1) is 9.22. The SMILES string of the molecule is O=c1cc(CNc2cccc(Cl)c2)nc2sccn12. The van der Waals surface area contributed by atoms with Gasteiger partial charge in [-0.15, -0.1) is 11.3 Å². The van der Waals surface area contributed by atoms with Gasteiger partial charge in [-0.25, -0.2) is 4.98 Å². The zero-order valence-corrected chi connectivity index (χ0v) is 11.4. The third kappa shape index (κ3) is 2.62. The summed E-state index contributed by atoms with van der Waals surface area (Å²) in [6.07, 6.45) is 1.73. The molecule has 0 amide bonds. The number of anilines is 1. The van der Waals surface area contributed by atoms with Crippen LogP contribution in [0.15, 0.2) is 46.7 Å². The van der Waals surface area contributed by atoms with Crippen LogP contribution in [0, 0.1) is 0 Å². The van der Waals surface area contributed by atoms with Gasteiger partial charge in [-0.05, 0) is 18.2 Å². The Hall–Kier alpha value is -1.85. The highest BCUT2D eigenvalue weighted by Gasteiger charge is 2.03. The van der Waals surface area contributed by atoms with Gasteiger partial charge in [-0.2, -0.15) is 0 Å². The fraction of sp³-hybridized carbons (Fsp3) is 0.0769. The molecule has 0 atom stereocenters. The first-order valence-corrected chi connectivity index (χ1v) is 6.93. The zero-order valence-electron chi connectivity index (χ0n) is 9.84. The van der Waals surface area contributed by atoms with Crippen molar-refractivity contribution in [1.29, 1.82) is 0 Å². The van der Waals surface area contributed by atoms with Gasteiger partial charge in [-0.3, -0.25) is 9.20 Å². The molecule has 0 aliphatic rings. The molecule has 0 unspecified atom stereocenters. The van der Waals surface area contributed by atoms with Crippen LogP contribution in [0.1, 0.15) is 5.69 Å². The predicted molar refractivity (Wildman–Crippen MR) is 78.1 cm³/mol. The number of thiazole rings is 1. The highest BCUT2D eigenvalue weighted by molar-refractivity contribution is 7.15. The van der Waals surface area contributed by atoms with E-state index < -0.39 is 0 Å². The molecular formula is C13H10ClN3OS. The minimum absolute atomic E-state index is 0.0610. The Balaban J connectivity index is 1.83. The molecule has 0 saturated carbocycles. The smallest absolute Gasteiger partial charge is 0.258 e. The van der Waals surface area contributed by atoms with Gasteiger partial charge in [0.15, 0.2) is 4.96 Å². The number of hydrogen-bond donors (Lipinski definition) is 1. The van der Waals surface area contributed by atoms with Crippen LogP contribution in [0.4, 0.5) is 5.69 Å². The Morgan fingerprint density at radius 2 is 2.26 bits per heavy atom. The minimum atomic E-state index is -0.0610.